The summed E-state index contributed by atoms with van der Waals surface area (Å²) in [5.74, 6) is 0. The molecule has 0 bridgehead atoms. The standard InChI is InChI=1S/C50H31NO2/c1-2-8-32(9-3-1)33-14-20-39(21-15-33)51(41-24-26-43-45-29-35-10-4-5-11-36(35)30-48(45)53-49(43)31-41)40-22-16-34(17-23-40)37-18-25-42-38(28-37)19-27-47-50(42)44-12-6-7-13-46(44)52-47/h1-31H. The van der Waals surface area contributed by atoms with E-state index in [4.69, 9.17) is 8.83 Å². The van der Waals surface area contributed by atoms with E-state index in [1.807, 2.05) is 12.1 Å². The molecule has 0 atom stereocenters. The molecule has 0 saturated carbocycles. The van der Waals surface area contributed by atoms with Crippen LogP contribution in [0.25, 0.3) is 87.7 Å². The first-order valence-electron chi connectivity index (χ1n) is 18.0. The molecule has 0 N–H and O–H groups in total. The number of para-hydroxylation sites is 1. The summed E-state index contributed by atoms with van der Waals surface area (Å²) in [4.78, 5) is 2.31. The Kier molecular flexibility index (Phi) is 6.55. The van der Waals surface area contributed by atoms with Gasteiger partial charge in [-0.3, -0.25) is 0 Å². The van der Waals surface area contributed by atoms with Crippen molar-refractivity contribution >= 4 is 82.5 Å². The molecule has 2 heterocycles. The highest BCUT2D eigenvalue weighted by atomic mass is 16.3. The molecule has 53 heavy (non-hydrogen) atoms. The molecule has 3 heteroatoms. The number of fused-ring (bicyclic) bond motifs is 9. The van der Waals surface area contributed by atoms with E-state index in [-0.39, 0.29) is 0 Å². The summed E-state index contributed by atoms with van der Waals surface area (Å²) in [5.41, 5.74) is 11.5. The van der Waals surface area contributed by atoms with E-state index < -0.39 is 0 Å². The Balaban J connectivity index is 1.01. The average Bonchev–Trinajstić information content (AvgIpc) is 3.78. The minimum absolute atomic E-state index is 0.867. The van der Waals surface area contributed by atoms with Crippen LogP contribution in [0.5, 0.6) is 0 Å². The second kappa shape index (κ2) is 11.7. The summed E-state index contributed by atoms with van der Waals surface area (Å²) < 4.78 is 12.7. The maximum atomic E-state index is 6.52. The van der Waals surface area contributed by atoms with Crippen LogP contribution in [0.1, 0.15) is 0 Å². The van der Waals surface area contributed by atoms with Crippen molar-refractivity contribution in [3.8, 4) is 22.3 Å². The first-order valence-corrected chi connectivity index (χ1v) is 18.0. The van der Waals surface area contributed by atoms with Crippen LogP contribution in [-0.4, -0.2) is 0 Å². The number of rotatable bonds is 5. The highest BCUT2D eigenvalue weighted by Gasteiger charge is 2.17. The second-order valence-electron chi connectivity index (χ2n) is 13.7. The highest BCUT2D eigenvalue weighted by Crippen LogP contribution is 2.41. The number of hydrogen-bond donors (Lipinski definition) is 0. The Morgan fingerprint density at radius 3 is 1.66 bits per heavy atom. The molecular weight excluding hydrogens is 647 g/mol. The van der Waals surface area contributed by atoms with Gasteiger partial charge in [0, 0.05) is 44.7 Å². The van der Waals surface area contributed by atoms with Gasteiger partial charge in [0.2, 0.25) is 0 Å². The lowest BCUT2D eigenvalue weighted by Gasteiger charge is -2.26. The van der Waals surface area contributed by atoms with Gasteiger partial charge in [-0.05, 0) is 111 Å². The van der Waals surface area contributed by atoms with E-state index in [1.165, 1.54) is 43.6 Å². The first-order chi connectivity index (χ1) is 26.2. The van der Waals surface area contributed by atoms with Gasteiger partial charge in [-0.25, -0.2) is 0 Å². The van der Waals surface area contributed by atoms with Crippen LogP contribution < -0.4 is 4.90 Å². The Labute approximate surface area is 305 Å². The SMILES string of the molecule is c1ccc(-c2ccc(N(c3ccc(-c4ccc5c(ccc6oc7ccccc7c65)c4)cc3)c3ccc4c(c3)oc3cc5ccccc5cc34)cc2)cc1. The van der Waals surface area contributed by atoms with Crippen molar-refractivity contribution in [1.82, 2.24) is 0 Å². The topological polar surface area (TPSA) is 29.5 Å². The van der Waals surface area contributed by atoms with Crippen LogP contribution in [0.15, 0.2) is 197 Å². The van der Waals surface area contributed by atoms with E-state index in [9.17, 15) is 0 Å². The maximum absolute atomic E-state index is 6.52. The molecule has 3 nitrogen and oxygen atoms in total. The molecule has 0 aliphatic rings. The van der Waals surface area contributed by atoms with Gasteiger partial charge in [-0.2, -0.15) is 0 Å². The van der Waals surface area contributed by atoms with E-state index in [1.54, 1.807) is 0 Å². The fourth-order valence-electron chi connectivity index (χ4n) is 8.01. The molecule has 248 valence electrons. The molecule has 11 aromatic rings. The van der Waals surface area contributed by atoms with E-state index in [0.29, 0.717) is 0 Å². The summed E-state index contributed by atoms with van der Waals surface area (Å²) in [6, 6.07) is 66.9. The number of nitrogens with zero attached hydrogens (tertiary/aromatic N) is 1. The number of furan rings is 2. The van der Waals surface area contributed by atoms with Crippen molar-refractivity contribution in [2.45, 2.75) is 0 Å². The molecular formula is C50H31NO2. The van der Waals surface area contributed by atoms with Crippen molar-refractivity contribution in [2.75, 3.05) is 4.90 Å². The fraction of sp³-hybridized carbons (Fsp3) is 0. The molecule has 9 aromatic carbocycles. The van der Waals surface area contributed by atoms with Gasteiger partial charge in [0.1, 0.15) is 22.3 Å². The predicted octanol–water partition coefficient (Wildman–Crippen LogP) is 14.6. The predicted molar refractivity (Wildman–Crippen MR) is 222 cm³/mol. The lowest BCUT2D eigenvalue weighted by atomic mass is 9.98. The Morgan fingerprint density at radius 2 is 0.868 bits per heavy atom. The number of anilines is 3. The van der Waals surface area contributed by atoms with Crippen LogP contribution in [-0.2, 0) is 0 Å². The van der Waals surface area contributed by atoms with Gasteiger partial charge in [-0.15, -0.1) is 0 Å². The van der Waals surface area contributed by atoms with Gasteiger partial charge < -0.3 is 13.7 Å². The van der Waals surface area contributed by atoms with E-state index in [2.05, 4.69) is 181 Å². The summed E-state index contributed by atoms with van der Waals surface area (Å²) in [6.07, 6.45) is 0. The van der Waals surface area contributed by atoms with Gasteiger partial charge in [-0.1, -0.05) is 115 Å². The normalized spacial score (nSPS) is 11.8. The zero-order valence-electron chi connectivity index (χ0n) is 28.7. The second-order valence-corrected chi connectivity index (χ2v) is 13.7. The number of benzene rings is 9. The molecule has 0 aliphatic carbocycles. The van der Waals surface area contributed by atoms with Crippen LogP contribution in [0, 0.1) is 0 Å². The van der Waals surface area contributed by atoms with Crippen molar-refractivity contribution in [2.24, 2.45) is 0 Å². The molecule has 0 spiro atoms. The largest absolute Gasteiger partial charge is 0.456 e. The third kappa shape index (κ3) is 4.90. The van der Waals surface area contributed by atoms with Gasteiger partial charge >= 0.3 is 0 Å². The summed E-state index contributed by atoms with van der Waals surface area (Å²) >= 11 is 0. The zero-order chi connectivity index (χ0) is 34.9. The van der Waals surface area contributed by atoms with Crippen molar-refractivity contribution in [3.05, 3.63) is 188 Å². The van der Waals surface area contributed by atoms with Crippen LogP contribution in [0.2, 0.25) is 0 Å². The third-order valence-corrected chi connectivity index (χ3v) is 10.6. The lowest BCUT2D eigenvalue weighted by Crippen LogP contribution is -2.09. The zero-order valence-corrected chi connectivity index (χ0v) is 28.7. The molecule has 11 rings (SSSR count). The van der Waals surface area contributed by atoms with Crippen molar-refractivity contribution in [3.63, 3.8) is 0 Å². The van der Waals surface area contributed by atoms with Gasteiger partial charge in [0.15, 0.2) is 0 Å². The van der Waals surface area contributed by atoms with E-state index in [0.717, 1.165) is 61.1 Å². The molecule has 2 aromatic heterocycles. The molecule has 0 aliphatic heterocycles. The van der Waals surface area contributed by atoms with Gasteiger partial charge in [0.25, 0.3) is 0 Å². The fourth-order valence-corrected chi connectivity index (χ4v) is 8.01. The quantitative estimate of drug-likeness (QED) is 0.182. The average molecular weight is 678 g/mol. The molecule has 0 fully saturated rings. The van der Waals surface area contributed by atoms with Gasteiger partial charge in [0.05, 0.1) is 0 Å². The van der Waals surface area contributed by atoms with Crippen LogP contribution in [0.4, 0.5) is 17.1 Å². The van der Waals surface area contributed by atoms with Crippen molar-refractivity contribution < 1.29 is 8.83 Å². The first kappa shape index (κ1) is 29.6. The lowest BCUT2D eigenvalue weighted by molar-refractivity contribution is 0.669. The Hall–Kier alpha value is -7.10. The summed E-state index contributed by atoms with van der Waals surface area (Å²) in [7, 11) is 0. The van der Waals surface area contributed by atoms with Crippen LogP contribution >= 0.6 is 0 Å². The Bertz CT molecular complexity index is 3150. The molecule has 0 saturated heterocycles. The highest BCUT2D eigenvalue weighted by molar-refractivity contribution is 6.19. The minimum atomic E-state index is 0.867. The van der Waals surface area contributed by atoms with Crippen molar-refractivity contribution in [1.29, 1.82) is 0 Å². The molecule has 0 amide bonds. The Morgan fingerprint density at radius 1 is 0.283 bits per heavy atom. The monoisotopic (exact) mass is 677 g/mol. The molecule has 0 radical (unpaired) electrons. The summed E-state index contributed by atoms with van der Waals surface area (Å²) in [6.45, 7) is 0. The third-order valence-electron chi connectivity index (χ3n) is 10.6. The van der Waals surface area contributed by atoms with E-state index >= 15 is 0 Å². The summed E-state index contributed by atoms with van der Waals surface area (Å²) in [5, 5.41) is 9.34. The molecule has 0 unspecified atom stereocenters. The maximum Gasteiger partial charge on any atom is 0.137 e. The minimum Gasteiger partial charge on any atom is -0.456 e. The number of hydrogen-bond acceptors (Lipinski definition) is 3. The smallest absolute Gasteiger partial charge is 0.137 e. The van der Waals surface area contributed by atoms with Crippen LogP contribution in [0.3, 0.4) is 0 Å².